The third-order valence-electron chi connectivity index (χ3n) is 5.31. The van der Waals surface area contributed by atoms with E-state index in [1.54, 1.807) is 24.0 Å². The van der Waals surface area contributed by atoms with Crippen LogP contribution in [0, 0.1) is 10.1 Å². The van der Waals surface area contributed by atoms with E-state index >= 15 is 0 Å². The number of hydrogen-bond acceptors (Lipinski definition) is 8. The molecular weight excluding hydrogens is 458 g/mol. The summed E-state index contributed by atoms with van der Waals surface area (Å²) in [5.41, 5.74) is 0.450. The van der Waals surface area contributed by atoms with E-state index in [0.29, 0.717) is 17.9 Å². The number of anilines is 2. The number of ether oxygens (including phenoxy) is 1. The molecule has 0 spiro atoms. The number of pyridine rings is 1. The van der Waals surface area contributed by atoms with Gasteiger partial charge in [0.25, 0.3) is 11.6 Å². The number of morpholine rings is 1. The van der Waals surface area contributed by atoms with Crippen molar-refractivity contribution in [2.24, 2.45) is 0 Å². The molecule has 0 saturated carbocycles. The molecule has 34 heavy (non-hydrogen) atoms. The van der Waals surface area contributed by atoms with E-state index in [0.717, 1.165) is 18.9 Å². The molecule has 1 aromatic carbocycles. The summed E-state index contributed by atoms with van der Waals surface area (Å²) >= 11 is 1.55. The van der Waals surface area contributed by atoms with Gasteiger partial charge in [-0.15, -0.1) is 0 Å². The fraction of sp³-hybridized carbons (Fsp3) is 0.435. The van der Waals surface area contributed by atoms with Gasteiger partial charge in [0.1, 0.15) is 11.9 Å². The van der Waals surface area contributed by atoms with E-state index in [-0.39, 0.29) is 29.4 Å². The zero-order valence-corrected chi connectivity index (χ0v) is 20.2. The van der Waals surface area contributed by atoms with Crippen LogP contribution in [0.25, 0.3) is 0 Å². The van der Waals surface area contributed by atoms with Gasteiger partial charge in [-0.2, -0.15) is 11.8 Å². The molecule has 0 aliphatic carbocycles. The Labute approximate surface area is 202 Å². The summed E-state index contributed by atoms with van der Waals surface area (Å²) in [5, 5.41) is 16.5. The zero-order chi connectivity index (χ0) is 24.7. The van der Waals surface area contributed by atoms with Crippen molar-refractivity contribution in [3.05, 3.63) is 58.3 Å². The Morgan fingerprint density at radius 1 is 1.26 bits per heavy atom. The van der Waals surface area contributed by atoms with Crippen molar-refractivity contribution in [1.82, 2.24) is 10.3 Å². The van der Waals surface area contributed by atoms with Crippen LogP contribution in [0.3, 0.4) is 0 Å². The van der Waals surface area contributed by atoms with E-state index in [4.69, 9.17) is 4.74 Å². The molecule has 182 valence electrons. The lowest BCUT2D eigenvalue weighted by Crippen LogP contribution is -2.45. The van der Waals surface area contributed by atoms with Crippen LogP contribution in [0.1, 0.15) is 30.6 Å². The van der Waals surface area contributed by atoms with Crippen molar-refractivity contribution in [2.75, 3.05) is 35.3 Å². The van der Waals surface area contributed by atoms with Gasteiger partial charge in [0.05, 0.1) is 29.0 Å². The van der Waals surface area contributed by atoms with Gasteiger partial charge in [0.2, 0.25) is 5.91 Å². The molecule has 3 atom stereocenters. The van der Waals surface area contributed by atoms with Crippen LogP contribution in [-0.2, 0) is 9.53 Å². The predicted molar refractivity (Wildman–Crippen MR) is 132 cm³/mol. The maximum absolute atomic E-state index is 12.9. The highest BCUT2D eigenvalue weighted by Gasteiger charge is 2.24. The van der Waals surface area contributed by atoms with E-state index in [1.807, 2.05) is 26.2 Å². The molecule has 2 amide bonds. The van der Waals surface area contributed by atoms with Gasteiger partial charge in [0.15, 0.2) is 0 Å². The molecule has 0 bridgehead atoms. The molecule has 3 rings (SSSR count). The highest BCUT2D eigenvalue weighted by Crippen LogP contribution is 2.20. The summed E-state index contributed by atoms with van der Waals surface area (Å²) in [6, 6.07) is 8.23. The minimum atomic E-state index is -0.806. The Hall–Kier alpha value is -3.18. The van der Waals surface area contributed by atoms with Crippen LogP contribution < -0.4 is 15.5 Å². The molecule has 1 aliphatic heterocycles. The lowest BCUT2D eigenvalue weighted by atomic mass is 10.1. The van der Waals surface area contributed by atoms with Gasteiger partial charge in [0, 0.05) is 30.8 Å². The second kappa shape index (κ2) is 11.8. The van der Waals surface area contributed by atoms with Crippen LogP contribution in [0.2, 0.25) is 0 Å². The minimum absolute atomic E-state index is 0.108. The van der Waals surface area contributed by atoms with Crippen molar-refractivity contribution in [3.8, 4) is 0 Å². The van der Waals surface area contributed by atoms with Crippen LogP contribution >= 0.6 is 11.8 Å². The summed E-state index contributed by atoms with van der Waals surface area (Å²) in [4.78, 5) is 42.7. The van der Waals surface area contributed by atoms with Crippen molar-refractivity contribution in [2.45, 2.75) is 38.5 Å². The normalized spacial score (nSPS) is 18.7. The summed E-state index contributed by atoms with van der Waals surface area (Å²) < 4.78 is 5.76. The lowest BCUT2D eigenvalue weighted by Gasteiger charge is -2.36. The number of rotatable bonds is 9. The Morgan fingerprint density at radius 2 is 2.00 bits per heavy atom. The number of non-ortho nitro benzene ring substituents is 1. The molecule has 3 unspecified atom stereocenters. The number of carbonyl (C=O) groups excluding carboxylic acids is 2. The average Bonchev–Trinajstić information content (AvgIpc) is 2.81. The maximum Gasteiger partial charge on any atom is 0.270 e. The van der Waals surface area contributed by atoms with Crippen LogP contribution in [0.5, 0.6) is 0 Å². The summed E-state index contributed by atoms with van der Waals surface area (Å²) in [7, 11) is 0. The van der Waals surface area contributed by atoms with Crippen molar-refractivity contribution >= 4 is 40.8 Å². The predicted octanol–water partition coefficient (Wildman–Crippen LogP) is 3.09. The number of benzene rings is 1. The second-order valence-corrected chi connectivity index (χ2v) is 9.16. The van der Waals surface area contributed by atoms with Gasteiger partial charge in [-0.3, -0.25) is 19.7 Å². The fourth-order valence-electron chi connectivity index (χ4n) is 3.75. The number of amides is 2. The standard InChI is InChI=1S/C23H29N5O5S/c1-15-13-27(14-16(2)33-15)21-8-7-18(12-24-21)25-23(30)20(9-10-34-3)26-22(29)17-5-4-6-19(11-17)28(31)32/h4-8,11-12,15-16,20H,9-10,13-14H2,1-3H3,(H,25,30)(H,26,29). The third-order valence-corrected chi connectivity index (χ3v) is 5.95. The molecule has 1 fully saturated rings. The number of thioether (sulfide) groups is 1. The number of nitrogens with zero attached hydrogens (tertiary/aromatic N) is 3. The molecule has 0 radical (unpaired) electrons. The Kier molecular flexibility index (Phi) is 8.83. The van der Waals surface area contributed by atoms with E-state index < -0.39 is 16.9 Å². The van der Waals surface area contributed by atoms with Crippen molar-refractivity contribution in [1.29, 1.82) is 0 Å². The van der Waals surface area contributed by atoms with Gasteiger partial charge in [-0.25, -0.2) is 4.98 Å². The summed E-state index contributed by atoms with van der Waals surface area (Å²) in [6.07, 6.45) is 4.12. The van der Waals surface area contributed by atoms with E-state index in [2.05, 4.69) is 20.5 Å². The van der Waals surface area contributed by atoms with E-state index in [1.165, 1.54) is 24.3 Å². The highest BCUT2D eigenvalue weighted by molar-refractivity contribution is 7.98. The Balaban J connectivity index is 1.66. The van der Waals surface area contributed by atoms with Gasteiger partial charge in [-0.1, -0.05) is 6.07 Å². The smallest absolute Gasteiger partial charge is 0.270 e. The molecule has 2 aromatic rings. The summed E-state index contributed by atoms with van der Waals surface area (Å²) in [5.74, 6) is 0.528. The highest BCUT2D eigenvalue weighted by atomic mass is 32.2. The van der Waals surface area contributed by atoms with E-state index in [9.17, 15) is 19.7 Å². The molecule has 11 heteroatoms. The van der Waals surface area contributed by atoms with Crippen molar-refractivity contribution in [3.63, 3.8) is 0 Å². The SMILES string of the molecule is CSCCC(NC(=O)c1cccc([N+](=O)[O-])c1)C(=O)Nc1ccc(N2CC(C)OC(C)C2)nc1. The molecule has 1 aliphatic rings. The average molecular weight is 488 g/mol. The number of nitro benzene ring substituents is 1. The first kappa shape index (κ1) is 25.4. The lowest BCUT2D eigenvalue weighted by molar-refractivity contribution is -0.384. The molecule has 2 N–H and O–H groups in total. The van der Waals surface area contributed by atoms with Crippen LogP contribution in [-0.4, -0.2) is 65.1 Å². The molecule has 10 nitrogen and oxygen atoms in total. The molecular formula is C23H29N5O5S. The quantitative estimate of drug-likeness (QED) is 0.408. The molecule has 1 saturated heterocycles. The van der Waals surface area contributed by atoms with Crippen LogP contribution in [0.15, 0.2) is 42.6 Å². The fourth-order valence-corrected chi connectivity index (χ4v) is 4.22. The number of carbonyl (C=O) groups is 2. The molecule has 2 heterocycles. The van der Waals surface area contributed by atoms with Gasteiger partial charge in [-0.05, 0) is 50.5 Å². The third kappa shape index (κ3) is 6.91. The first-order valence-corrected chi connectivity index (χ1v) is 12.4. The maximum atomic E-state index is 12.9. The van der Waals surface area contributed by atoms with Crippen molar-refractivity contribution < 1.29 is 19.2 Å². The number of nitrogens with one attached hydrogen (secondary N) is 2. The summed E-state index contributed by atoms with van der Waals surface area (Å²) in [6.45, 7) is 5.52. The Bertz CT molecular complexity index is 1010. The van der Waals surface area contributed by atoms with Gasteiger partial charge >= 0.3 is 0 Å². The number of hydrogen-bond donors (Lipinski definition) is 2. The van der Waals surface area contributed by atoms with Crippen LogP contribution in [0.4, 0.5) is 17.2 Å². The Morgan fingerprint density at radius 3 is 2.62 bits per heavy atom. The number of aromatic nitrogens is 1. The zero-order valence-electron chi connectivity index (χ0n) is 19.4. The van der Waals surface area contributed by atoms with Gasteiger partial charge < -0.3 is 20.3 Å². The molecule has 1 aromatic heterocycles. The number of nitro groups is 1. The minimum Gasteiger partial charge on any atom is -0.372 e. The topological polar surface area (TPSA) is 127 Å². The first-order chi connectivity index (χ1) is 16.3. The largest absolute Gasteiger partial charge is 0.372 e. The second-order valence-electron chi connectivity index (χ2n) is 8.17. The first-order valence-electron chi connectivity index (χ1n) is 11.0. The monoisotopic (exact) mass is 487 g/mol.